The zero-order valence-electron chi connectivity index (χ0n) is 12.7. The Labute approximate surface area is 124 Å². The SMILES string of the molecule is CCOC(=O)c1cncn1-c1c(CC)ccc(N)c1CC. The smallest absolute Gasteiger partial charge is 0.356 e. The molecule has 0 atom stereocenters. The maximum Gasteiger partial charge on any atom is 0.356 e. The van der Waals surface area contributed by atoms with E-state index in [1.54, 1.807) is 17.8 Å². The Morgan fingerprint density at radius 1 is 1.29 bits per heavy atom. The number of anilines is 1. The van der Waals surface area contributed by atoms with Gasteiger partial charge in [-0.2, -0.15) is 0 Å². The molecule has 21 heavy (non-hydrogen) atoms. The molecule has 0 bridgehead atoms. The van der Waals surface area contributed by atoms with Crippen molar-refractivity contribution in [1.29, 1.82) is 0 Å². The zero-order chi connectivity index (χ0) is 15.4. The Balaban J connectivity index is 2.64. The second-order valence-corrected chi connectivity index (χ2v) is 4.72. The molecule has 5 nitrogen and oxygen atoms in total. The van der Waals surface area contributed by atoms with E-state index in [2.05, 4.69) is 18.8 Å². The molecule has 0 saturated carbocycles. The molecular weight excluding hydrogens is 266 g/mol. The van der Waals surface area contributed by atoms with Crippen molar-refractivity contribution in [3.63, 3.8) is 0 Å². The number of aromatic nitrogens is 2. The minimum absolute atomic E-state index is 0.336. The van der Waals surface area contributed by atoms with Gasteiger partial charge in [-0.1, -0.05) is 19.9 Å². The molecule has 0 aliphatic carbocycles. The molecule has 0 aliphatic heterocycles. The van der Waals surface area contributed by atoms with Crippen molar-refractivity contribution in [1.82, 2.24) is 9.55 Å². The lowest BCUT2D eigenvalue weighted by molar-refractivity contribution is 0.0517. The number of carbonyl (C=O) groups excluding carboxylic acids is 1. The van der Waals surface area contributed by atoms with Gasteiger partial charge in [0.25, 0.3) is 0 Å². The Hall–Kier alpha value is -2.30. The molecule has 0 spiro atoms. The molecule has 2 rings (SSSR count). The van der Waals surface area contributed by atoms with Crippen molar-refractivity contribution in [2.24, 2.45) is 0 Å². The predicted octanol–water partition coefficient (Wildman–Crippen LogP) is 2.76. The summed E-state index contributed by atoms with van der Waals surface area (Å²) in [4.78, 5) is 16.2. The fraction of sp³-hybridized carbons (Fsp3) is 0.375. The molecule has 0 radical (unpaired) electrons. The molecule has 0 saturated heterocycles. The van der Waals surface area contributed by atoms with Crippen LogP contribution in [0.2, 0.25) is 0 Å². The number of nitrogens with two attached hydrogens (primary N) is 1. The lowest BCUT2D eigenvalue weighted by Gasteiger charge is -2.17. The number of imidazole rings is 1. The van der Waals surface area contributed by atoms with Crippen LogP contribution in [-0.4, -0.2) is 22.1 Å². The van der Waals surface area contributed by atoms with Gasteiger partial charge in [-0.15, -0.1) is 0 Å². The van der Waals surface area contributed by atoms with Gasteiger partial charge in [-0.25, -0.2) is 9.78 Å². The van der Waals surface area contributed by atoms with Crippen LogP contribution >= 0.6 is 0 Å². The Morgan fingerprint density at radius 2 is 2.05 bits per heavy atom. The minimum Gasteiger partial charge on any atom is -0.461 e. The van der Waals surface area contributed by atoms with E-state index in [9.17, 15) is 4.79 Å². The summed E-state index contributed by atoms with van der Waals surface area (Å²) in [6, 6.07) is 3.92. The van der Waals surface area contributed by atoms with Crippen molar-refractivity contribution < 1.29 is 9.53 Å². The average molecular weight is 287 g/mol. The zero-order valence-corrected chi connectivity index (χ0v) is 12.7. The Kier molecular flexibility index (Phi) is 4.62. The second-order valence-electron chi connectivity index (χ2n) is 4.72. The van der Waals surface area contributed by atoms with Gasteiger partial charge < -0.3 is 10.5 Å². The summed E-state index contributed by atoms with van der Waals surface area (Å²) >= 11 is 0. The summed E-state index contributed by atoms with van der Waals surface area (Å²) < 4.78 is 6.88. The molecule has 5 heteroatoms. The fourth-order valence-electron chi connectivity index (χ4n) is 2.49. The summed E-state index contributed by atoms with van der Waals surface area (Å²) in [6.07, 6.45) is 4.80. The Morgan fingerprint density at radius 3 is 2.67 bits per heavy atom. The normalized spacial score (nSPS) is 10.6. The highest BCUT2D eigenvalue weighted by atomic mass is 16.5. The van der Waals surface area contributed by atoms with E-state index in [1.165, 1.54) is 6.20 Å². The van der Waals surface area contributed by atoms with Gasteiger partial charge in [0.15, 0.2) is 5.69 Å². The Bertz CT molecular complexity index is 647. The number of carbonyl (C=O) groups is 1. The molecule has 0 unspecified atom stereocenters. The first-order valence-corrected chi connectivity index (χ1v) is 7.24. The topological polar surface area (TPSA) is 70.1 Å². The van der Waals surface area contributed by atoms with Crippen LogP contribution in [-0.2, 0) is 17.6 Å². The monoisotopic (exact) mass is 287 g/mol. The molecule has 0 amide bonds. The van der Waals surface area contributed by atoms with Crippen LogP contribution in [0.25, 0.3) is 5.69 Å². The average Bonchev–Trinajstić information content (AvgIpc) is 2.96. The molecule has 2 aromatic rings. The number of aryl methyl sites for hydroxylation is 1. The van der Waals surface area contributed by atoms with Crippen LogP contribution in [0.1, 0.15) is 42.4 Å². The van der Waals surface area contributed by atoms with Crippen LogP contribution in [0.4, 0.5) is 5.69 Å². The summed E-state index contributed by atoms with van der Waals surface area (Å²) in [6.45, 7) is 6.25. The van der Waals surface area contributed by atoms with E-state index in [-0.39, 0.29) is 5.97 Å². The molecule has 0 fully saturated rings. The third-order valence-corrected chi connectivity index (χ3v) is 3.50. The van der Waals surface area contributed by atoms with Crippen LogP contribution in [0.3, 0.4) is 0 Å². The van der Waals surface area contributed by atoms with Crippen molar-refractivity contribution in [2.75, 3.05) is 12.3 Å². The molecule has 1 aromatic heterocycles. The molecule has 2 N–H and O–H groups in total. The highest BCUT2D eigenvalue weighted by molar-refractivity contribution is 5.88. The van der Waals surface area contributed by atoms with Crippen LogP contribution in [0.5, 0.6) is 0 Å². The summed E-state index contributed by atoms with van der Waals surface area (Å²) in [5.41, 5.74) is 10.3. The number of benzene rings is 1. The third-order valence-electron chi connectivity index (χ3n) is 3.50. The number of ether oxygens (including phenoxy) is 1. The van der Waals surface area contributed by atoms with Gasteiger partial charge in [-0.05, 0) is 37.0 Å². The second kappa shape index (κ2) is 6.43. The van der Waals surface area contributed by atoms with Gasteiger partial charge >= 0.3 is 5.97 Å². The van der Waals surface area contributed by atoms with Gasteiger partial charge in [0.2, 0.25) is 0 Å². The predicted molar refractivity (Wildman–Crippen MR) is 82.7 cm³/mol. The number of hydrogen-bond acceptors (Lipinski definition) is 4. The molecule has 112 valence electrons. The molecular formula is C16H21N3O2. The maximum absolute atomic E-state index is 12.1. The summed E-state index contributed by atoms with van der Waals surface area (Å²) in [7, 11) is 0. The van der Waals surface area contributed by atoms with Gasteiger partial charge in [-0.3, -0.25) is 4.57 Å². The lowest BCUT2D eigenvalue weighted by Crippen LogP contribution is -2.14. The van der Waals surface area contributed by atoms with Crippen LogP contribution in [0.15, 0.2) is 24.7 Å². The largest absolute Gasteiger partial charge is 0.461 e. The highest BCUT2D eigenvalue weighted by Crippen LogP contribution is 2.27. The quantitative estimate of drug-likeness (QED) is 0.678. The standard InChI is InChI=1S/C16H21N3O2/c1-4-11-7-8-13(17)12(5-2)15(11)19-10-18-9-14(19)16(20)21-6-3/h7-10H,4-6,17H2,1-3H3. The number of nitrogen functional groups attached to an aromatic ring is 1. The lowest BCUT2D eigenvalue weighted by atomic mass is 10.0. The highest BCUT2D eigenvalue weighted by Gasteiger charge is 2.19. The van der Waals surface area contributed by atoms with E-state index in [4.69, 9.17) is 10.5 Å². The van der Waals surface area contributed by atoms with E-state index in [0.717, 1.165) is 35.3 Å². The van der Waals surface area contributed by atoms with Crippen molar-refractivity contribution in [3.8, 4) is 5.69 Å². The first-order valence-electron chi connectivity index (χ1n) is 7.24. The maximum atomic E-state index is 12.1. The minimum atomic E-state index is -0.374. The van der Waals surface area contributed by atoms with E-state index in [1.807, 2.05) is 12.1 Å². The first kappa shape index (κ1) is 15.1. The van der Waals surface area contributed by atoms with Gasteiger partial charge in [0, 0.05) is 5.69 Å². The van der Waals surface area contributed by atoms with E-state index < -0.39 is 0 Å². The van der Waals surface area contributed by atoms with Crippen molar-refractivity contribution in [2.45, 2.75) is 33.6 Å². The van der Waals surface area contributed by atoms with Crippen LogP contribution in [0, 0.1) is 0 Å². The number of hydrogen-bond donors (Lipinski definition) is 1. The van der Waals surface area contributed by atoms with Crippen LogP contribution < -0.4 is 5.73 Å². The van der Waals surface area contributed by atoms with Crippen molar-refractivity contribution in [3.05, 3.63) is 41.5 Å². The number of nitrogens with zero attached hydrogens (tertiary/aromatic N) is 2. The molecule has 1 heterocycles. The molecule has 0 aliphatic rings. The van der Waals surface area contributed by atoms with E-state index >= 15 is 0 Å². The van der Waals surface area contributed by atoms with E-state index in [0.29, 0.717) is 12.3 Å². The first-order chi connectivity index (χ1) is 10.1. The fourth-order valence-corrected chi connectivity index (χ4v) is 2.49. The van der Waals surface area contributed by atoms with Gasteiger partial charge in [0.05, 0.1) is 24.8 Å². The summed E-state index contributed by atoms with van der Waals surface area (Å²) in [5, 5.41) is 0. The number of rotatable bonds is 5. The summed E-state index contributed by atoms with van der Waals surface area (Å²) in [5.74, 6) is -0.374. The van der Waals surface area contributed by atoms with Gasteiger partial charge in [0.1, 0.15) is 0 Å². The number of esters is 1. The van der Waals surface area contributed by atoms with Crippen molar-refractivity contribution >= 4 is 11.7 Å². The third kappa shape index (κ3) is 2.77. The molecule has 1 aromatic carbocycles.